The van der Waals surface area contributed by atoms with Crippen LogP contribution in [0.25, 0.3) is 0 Å². The number of rotatable bonds is 3. The van der Waals surface area contributed by atoms with Crippen molar-refractivity contribution >= 4 is 5.91 Å². The summed E-state index contributed by atoms with van der Waals surface area (Å²) in [6.07, 6.45) is 4.86. The number of hydrogen-bond acceptors (Lipinski definition) is 3. The van der Waals surface area contributed by atoms with Gasteiger partial charge in [0.25, 0.3) is 0 Å². The molecule has 0 atom stereocenters. The van der Waals surface area contributed by atoms with Crippen LogP contribution < -0.4 is 0 Å². The molecule has 5 heteroatoms. The average molecular weight is 306 g/mol. The number of amides is 1. The lowest BCUT2D eigenvalue weighted by Gasteiger charge is -2.36. The van der Waals surface area contributed by atoms with E-state index in [0.29, 0.717) is 6.04 Å². The summed E-state index contributed by atoms with van der Waals surface area (Å²) in [5.41, 5.74) is 0.803. The van der Waals surface area contributed by atoms with Gasteiger partial charge in [0.05, 0.1) is 11.7 Å². The van der Waals surface area contributed by atoms with E-state index in [-0.39, 0.29) is 16.7 Å². The fourth-order valence-electron chi connectivity index (χ4n) is 2.71. The smallest absolute Gasteiger partial charge is 0.228 e. The molecular weight excluding hydrogens is 276 g/mol. The Hall–Kier alpha value is -1.39. The highest BCUT2D eigenvalue weighted by Gasteiger charge is 2.33. The number of likely N-dealkylation sites (tertiary alicyclic amines) is 1. The minimum atomic E-state index is -0.250. The summed E-state index contributed by atoms with van der Waals surface area (Å²) in [5.74, 6) is 0.280. The standard InChI is InChI=1S/C17H30N4O/c1-7-17(5,6)15(22)20-10-8-13(9-11-20)21-12-14(18-19-21)16(2,3)4/h12-13H,7-11H2,1-6H3. The zero-order valence-corrected chi connectivity index (χ0v) is 14.9. The van der Waals surface area contributed by atoms with Gasteiger partial charge in [-0.25, -0.2) is 4.68 Å². The van der Waals surface area contributed by atoms with Crippen molar-refractivity contribution in [1.29, 1.82) is 0 Å². The van der Waals surface area contributed by atoms with Gasteiger partial charge in [-0.1, -0.05) is 46.8 Å². The molecule has 1 saturated heterocycles. The maximum atomic E-state index is 12.5. The van der Waals surface area contributed by atoms with Crippen LogP contribution in [0.1, 0.15) is 72.5 Å². The van der Waals surface area contributed by atoms with Crippen molar-refractivity contribution in [1.82, 2.24) is 19.9 Å². The summed E-state index contributed by atoms with van der Waals surface area (Å²) in [5, 5.41) is 8.61. The first-order valence-electron chi connectivity index (χ1n) is 8.37. The summed E-state index contributed by atoms with van der Waals surface area (Å²) in [6, 6.07) is 0.359. The number of nitrogens with zero attached hydrogens (tertiary/aromatic N) is 4. The van der Waals surface area contributed by atoms with Gasteiger partial charge >= 0.3 is 0 Å². The van der Waals surface area contributed by atoms with Gasteiger partial charge in [0.1, 0.15) is 0 Å². The van der Waals surface area contributed by atoms with Gasteiger partial charge in [-0.3, -0.25) is 4.79 Å². The summed E-state index contributed by atoms with van der Waals surface area (Å²) in [7, 11) is 0. The van der Waals surface area contributed by atoms with E-state index in [9.17, 15) is 4.79 Å². The van der Waals surface area contributed by atoms with E-state index in [4.69, 9.17) is 0 Å². The predicted octanol–water partition coefficient (Wildman–Crippen LogP) is 3.18. The molecule has 0 aliphatic carbocycles. The van der Waals surface area contributed by atoms with Gasteiger partial charge in [-0.05, 0) is 19.3 Å². The van der Waals surface area contributed by atoms with Crippen LogP contribution in [-0.2, 0) is 10.2 Å². The zero-order chi connectivity index (χ0) is 16.5. The summed E-state index contributed by atoms with van der Waals surface area (Å²) in [6.45, 7) is 14.2. The van der Waals surface area contributed by atoms with E-state index >= 15 is 0 Å². The largest absolute Gasteiger partial charge is 0.342 e. The van der Waals surface area contributed by atoms with Crippen molar-refractivity contribution in [3.8, 4) is 0 Å². The van der Waals surface area contributed by atoms with Crippen molar-refractivity contribution in [2.24, 2.45) is 5.41 Å². The molecule has 1 aliphatic rings. The van der Waals surface area contributed by atoms with Gasteiger partial charge in [0.15, 0.2) is 0 Å². The number of carbonyl (C=O) groups excluding carboxylic acids is 1. The van der Waals surface area contributed by atoms with E-state index in [1.165, 1.54) is 0 Å². The van der Waals surface area contributed by atoms with Gasteiger partial charge in [0.2, 0.25) is 5.91 Å². The maximum absolute atomic E-state index is 12.5. The van der Waals surface area contributed by atoms with E-state index in [1.54, 1.807) is 0 Å². The zero-order valence-electron chi connectivity index (χ0n) is 14.9. The molecule has 1 aliphatic heterocycles. The minimum absolute atomic E-state index is 0.0278. The Bertz CT molecular complexity index is 519. The second kappa shape index (κ2) is 6.01. The average Bonchev–Trinajstić information content (AvgIpc) is 2.96. The van der Waals surface area contributed by atoms with Crippen molar-refractivity contribution in [2.75, 3.05) is 13.1 Å². The SMILES string of the molecule is CCC(C)(C)C(=O)N1CCC(n2cc(C(C)(C)C)nn2)CC1. The number of carbonyl (C=O) groups is 1. The molecule has 1 amide bonds. The van der Waals surface area contributed by atoms with E-state index < -0.39 is 0 Å². The van der Waals surface area contributed by atoms with Crippen molar-refractivity contribution < 1.29 is 4.79 Å². The molecule has 0 bridgehead atoms. The molecule has 2 rings (SSSR count). The molecule has 0 unspecified atom stereocenters. The molecule has 0 radical (unpaired) electrons. The summed E-state index contributed by atoms with van der Waals surface area (Å²) in [4.78, 5) is 14.5. The third kappa shape index (κ3) is 3.50. The van der Waals surface area contributed by atoms with Crippen LogP contribution in [0.5, 0.6) is 0 Å². The van der Waals surface area contributed by atoms with Crippen LogP contribution in [0.15, 0.2) is 6.20 Å². The Morgan fingerprint density at radius 3 is 2.27 bits per heavy atom. The number of hydrogen-bond donors (Lipinski definition) is 0. The maximum Gasteiger partial charge on any atom is 0.228 e. The second-order valence-electron chi connectivity index (χ2n) is 8.09. The molecule has 1 aromatic heterocycles. The highest BCUT2D eigenvalue weighted by Crippen LogP contribution is 2.29. The molecule has 0 N–H and O–H groups in total. The highest BCUT2D eigenvalue weighted by atomic mass is 16.2. The Morgan fingerprint density at radius 2 is 1.82 bits per heavy atom. The molecule has 0 spiro atoms. The van der Waals surface area contributed by atoms with Crippen molar-refractivity contribution in [2.45, 2.75) is 72.3 Å². The topological polar surface area (TPSA) is 51.0 Å². The first kappa shape index (κ1) is 17.0. The van der Waals surface area contributed by atoms with Gasteiger partial charge in [-0.2, -0.15) is 0 Å². The molecule has 1 fully saturated rings. The molecule has 0 aromatic carbocycles. The number of aromatic nitrogens is 3. The Balaban J connectivity index is 1.98. The lowest BCUT2D eigenvalue weighted by molar-refractivity contribution is -0.141. The van der Waals surface area contributed by atoms with Crippen molar-refractivity contribution in [3.05, 3.63) is 11.9 Å². The van der Waals surface area contributed by atoms with Gasteiger partial charge in [-0.15, -0.1) is 5.10 Å². The molecular formula is C17H30N4O. The van der Waals surface area contributed by atoms with Gasteiger partial charge < -0.3 is 4.90 Å². The third-order valence-electron chi connectivity index (χ3n) is 4.87. The van der Waals surface area contributed by atoms with Crippen molar-refractivity contribution in [3.63, 3.8) is 0 Å². The third-order valence-corrected chi connectivity index (χ3v) is 4.87. The van der Waals surface area contributed by atoms with Crippen LogP contribution >= 0.6 is 0 Å². The molecule has 0 saturated carbocycles. The fourth-order valence-corrected chi connectivity index (χ4v) is 2.71. The van der Waals surface area contributed by atoms with Gasteiger partial charge in [0, 0.05) is 30.1 Å². The fraction of sp³-hybridized carbons (Fsp3) is 0.824. The van der Waals surface area contributed by atoms with E-state index in [0.717, 1.165) is 38.0 Å². The van der Waals surface area contributed by atoms with Crippen LogP contribution in [0.3, 0.4) is 0 Å². The minimum Gasteiger partial charge on any atom is -0.342 e. The molecule has 5 nitrogen and oxygen atoms in total. The van der Waals surface area contributed by atoms with Crippen LogP contribution in [0.2, 0.25) is 0 Å². The monoisotopic (exact) mass is 306 g/mol. The summed E-state index contributed by atoms with van der Waals surface area (Å²) >= 11 is 0. The second-order valence-corrected chi connectivity index (χ2v) is 8.09. The lowest BCUT2D eigenvalue weighted by Crippen LogP contribution is -2.45. The number of piperidine rings is 1. The predicted molar refractivity (Wildman–Crippen MR) is 87.6 cm³/mol. The van der Waals surface area contributed by atoms with E-state index in [1.807, 2.05) is 23.4 Å². The Labute approximate surface area is 134 Å². The first-order valence-corrected chi connectivity index (χ1v) is 8.37. The Kier molecular flexibility index (Phi) is 4.64. The molecule has 124 valence electrons. The highest BCUT2D eigenvalue weighted by molar-refractivity contribution is 5.81. The molecule has 1 aromatic rings. The van der Waals surface area contributed by atoms with Crippen LogP contribution in [0, 0.1) is 5.41 Å². The normalized spacial score (nSPS) is 17.8. The summed E-state index contributed by atoms with van der Waals surface area (Å²) < 4.78 is 1.99. The lowest BCUT2D eigenvalue weighted by atomic mass is 9.87. The quantitative estimate of drug-likeness (QED) is 0.862. The van der Waals surface area contributed by atoms with E-state index in [2.05, 4.69) is 44.2 Å². The molecule has 22 heavy (non-hydrogen) atoms. The van der Waals surface area contributed by atoms with Crippen LogP contribution in [0.4, 0.5) is 0 Å². The Morgan fingerprint density at radius 1 is 1.23 bits per heavy atom. The molecule has 2 heterocycles. The first-order chi connectivity index (χ1) is 10.1. The van der Waals surface area contributed by atoms with Crippen LogP contribution in [-0.4, -0.2) is 38.9 Å².